The van der Waals surface area contributed by atoms with Gasteiger partial charge in [0.1, 0.15) is 36.8 Å². The molecule has 0 unspecified atom stereocenters. The minimum absolute atomic E-state index is 0.0459. The highest BCUT2D eigenvalue weighted by molar-refractivity contribution is 6.32. The number of rotatable bonds is 11. The molecule has 0 bridgehead atoms. The number of halogens is 1. The number of hydrogen-bond donors (Lipinski definition) is 1. The van der Waals surface area contributed by atoms with Crippen LogP contribution in [0.4, 0.5) is 0 Å². The maximum atomic E-state index is 12.8. The van der Waals surface area contributed by atoms with Crippen molar-refractivity contribution in [1.82, 2.24) is 14.8 Å². The first kappa shape index (κ1) is 34.4. The van der Waals surface area contributed by atoms with Crippen LogP contribution in [0.1, 0.15) is 63.0 Å². The smallest absolute Gasteiger partial charge is 0.320 e. The standard InChI is InChI=1S/C38H39ClN4O5/c1-24-28(9-7-10-30(24)31-11-8-12-32(25(31)2)37(44)42(3)4)23-48-36-17-35(47-22-27-15-26(18-40)19-41-20-27)29(16-33(36)39)21-43-14-6-5-13-34(43)38(45)46/h7-12,15-17,19-20,34H,5-6,13-14,21-23H2,1-4H3,(H,45,46)/t34-/m0/s1. The lowest BCUT2D eigenvalue weighted by atomic mass is 9.91. The minimum Gasteiger partial charge on any atom is -0.488 e. The lowest BCUT2D eigenvalue weighted by Crippen LogP contribution is -2.44. The number of carboxylic acid groups (broad SMARTS) is 1. The van der Waals surface area contributed by atoms with Crippen molar-refractivity contribution in [3.63, 3.8) is 0 Å². The average molecular weight is 667 g/mol. The molecule has 0 aliphatic carbocycles. The molecule has 3 aromatic carbocycles. The average Bonchev–Trinajstić information content (AvgIpc) is 3.08. The van der Waals surface area contributed by atoms with Crippen molar-refractivity contribution in [3.05, 3.63) is 111 Å². The van der Waals surface area contributed by atoms with E-state index in [1.54, 1.807) is 43.4 Å². The van der Waals surface area contributed by atoms with E-state index in [9.17, 15) is 20.0 Å². The molecular formula is C38H39ClN4O5. The van der Waals surface area contributed by atoms with Crippen LogP contribution in [0.5, 0.6) is 11.5 Å². The topological polar surface area (TPSA) is 116 Å². The first-order chi connectivity index (χ1) is 23.1. The van der Waals surface area contributed by atoms with Gasteiger partial charge in [-0.05, 0) is 79.3 Å². The van der Waals surface area contributed by atoms with Gasteiger partial charge in [-0.2, -0.15) is 5.26 Å². The van der Waals surface area contributed by atoms with Crippen LogP contribution in [0.15, 0.2) is 67.0 Å². The highest BCUT2D eigenvalue weighted by Crippen LogP contribution is 2.37. The van der Waals surface area contributed by atoms with Crippen LogP contribution in [0.25, 0.3) is 11.1 Å². The third kappa shape index (κ3) is 7.79. The van der Waals surface area contributed by atoms with Crippen molar-refractivity contribution in [1.29, 1.82) is 5.26 Å². The molecule has 1 fully saturated rings. The molecular weight excluding hydrogens is 628 g/mol. The molecule has 1 amide bonds. The summed E-state index contributed by atoms with van der Waals surface area (Å²) >= 11 is 6.80. The van der Waals surface area contributed by atoms with E-state index in [-0.39, 0.29) is 19.1 Å². The summed E-state index contributed by atoms with van der Waals surface area (Å²) in [7, 11) is 3.49. The highest BCUT2D eigenvalue weighted by atomic mass is 35.5. The van der Waals surface area contributed by atoms with E-state index in [1.165, 1.54) is 6.20 Å². The Balaban J connectivity index is 1.43. The Morgan fingerprint density at radius 3 is 2.44 bits per heavy atom. The maximum absolute atomic E-state index is 12.8. The van der Waals surface area contributed by atoms with Crippen LogP contribution < -0.4 is 9.47 Å². The summed E-state index contributed by atoms with van der Waals surface area (Å²) in [5, 5.41) is 19.5. The van der Waals surface area contributed by atoms with E-state index in [1.807, 2.05) is 55.1 Å². The largest absolute Gasteiger partial charge is 0.488 e. The molecule has 2 heterocycles. The van der Waals surface area contributed by atoms with E-state index >= 15 is 0 Å². The number of aromatic nitrogens is 1. The molecule has 1 N–H and O–H groups in total. The number of nitriles is 1. The number of carbonyl (C=O) groups is 2. The van der Waals surface area contributed by atoms with Gasteiger partial charge in [0.15, 0.2) is 0 Å². The Morgan fingerprint density at radius 2 is 1.71 bits per heavy atom. The van der Waals surface area contributed by atoms with E-state index in [0.717, 1.165) is 51.8 Å². The zero-order valence-electron chi connectivity index (χ0n) is 27.6. The molecule has 1 aliphatic heterocycles. The summed E-state index contributed by atoms with van der Waals surface area (Å²) < 4.78 is 12.6. The Kier molecular flexibility index (Phi) is 11.0. The van der Waals surface area contributed by atoms with Crippen LogP contribution in [0.2, 0.25) is 5.02 Å². The first-order valence-corrected chi connectivity index (χ1v) is 16.2. The maximum Gasteiger partial charge on any atom is 0.320 e. The summed E-state index contributed by atoms with van der Waals surface area (Å²) in [5.41, 5.74) is 7.42. The summed E-state index contributed by atoms with van der Waals surface area (Å²) in [6.45, 7) is 5.38. The molecule has 10 heteroatoms. The molecule has 48 heavy (non-hydrogen) atoms. The molecule has 1 aromatic heterocycles. The number of aliphatic carboxylic acids is 1. The van der Waals surface area contributed by atoms with Crippen molar-refractivity contribution in [3.8, 4) is 28.7 Å². The quantitative estimate of drug-likeness (QED) is 0.179. The number of benzene rings is 3. The molecule has 1 saturated heterocycles. The molecule has 1 aliphatic rings. The number of nitrogens with zero attached hydrogens (tertiary/aromatic N) is 4. The molecule has 1 atom stereocenters. The second-order valence-electron chi connectivity index (χ2n) is 12.2. The zero-order chi connectivity index (χ0) is 34.4. The van der Waals surface area contributed by atoms with E-state index in [2.05, 4.69) is 11.1 Å². The van der Waals surface area contributed by atoms with Gasteiger partial charge in [0.05, 0.1) is 10.6 Å². The van der Waals surface area contributed by atoms with Crippen molar-refractivity contribution < 1.29 is 24.2 Å². The van der Waals surface area contributed by atoms with E-state index < -0.39 is 12.0 Å². The number of pyridine rings is 1. The van der Waals surface area contributed by atoms with Gasteiger partial charge in [0, 0.05) is 55.8 Å². The lowest BCUT2D eigenvalue weighted by molar-refractivity contribution is -0.144. The number of amides is 1. The normalized spacial score (nSPS) is 14.6. The highest BCUT2D eigenvalue weighted by Gasteiger charge is 2.29. The third-order valence-corrected chi connectivity index (χ3v) is 9.09. The fourth-order valence-electron chi connectivity index (χ4n) is 6.10. The molecule has 248 valence electrons. The van der Waals surface area contributed by atoms with Gasteiger partial charge in [-0.3, -0.25) is 19.5 Å². The minimum atomic E-state index is -0.841. The van der Waals surface area contributed by atoms with Gasteiger partial charge in [0.2, 0.25) is 0 Å². The van der Waals surface area contributed by atoms with E-state index in [0.29, 0.717) is 47.2 Å². The Labute approximate surface area is 286 Å². The molecule has 0 radical (unpaired) electrons. The molecule has 0 spiro atoms. The lowest BCUT2D eigenvalue weighted by Gasteiger charge is -2.33. The second kappa shape index (κ2) is 15.3. The van der Waals surface area contributed by atoms with Crippen LogP contribution >= 0.6 is 11.6 Å². The van der Waals surface area contributed by atoms with Crippen molar-refractivity contribution >= 4 is 23.5 Å². The summed E-state index contributed by atoms with van der Waals surface area (Å²) in [4.78, 5) is 32.5. The zero-order valence-corrected chi connectivity index (χ0v) is 28.4. The SMILES string of the molecule is Cc1c(COc2cc(OCc3cncc(C#N)c3)c(CN3CCCC[C@H]3C(=O)O)cc2Cl)cccc1-c1cccc(C(=O)N(C)C)c1C. The monoisotopic (exact) mass is 666 g/mol. The van der Waals surface area contributed by atoms with Crippen molar-refractivity contribution in [2.24, 2.45) is 0 Å². The Hall–Kier alpha value is -4.91. The van der Waals surface area contributed by atoms with Crippen LogP contribution in [0, 0.1) is 25.2 Å². The number of piperidine rings is 1. The Bertz CT molecular complexity index is 1870. The number of ether oxygens (including phenoxy) is 2. The number of carboxylic acids is 1. The van der Waals surface area contributed by atoms with Gasteiger partial charge in [-0.1, -0.05) is 48.4 Å². The van der Waals surface area contributed by atoms with Crippen LogP contribution in [0.3, 0.4) is 0 Å². The predicted octanol–water partition coefficient (Wildman–Crippen LogP) is 7.19. The molecule has 9 nitrogen and oxygen atoms in total. The summed E-state index contributed by atoms with van der Waals surface area (Å²) in [5.74, 6) is 0.0454. The van der Waals surface area contributed by atoms with Gasteiger partial charge in [-0.15, -0.1) is 0 Å². The second-order valence-corrected chi connectivity index (χ2v) is 12.7. The third-order valence-electron chi connectivity index (χ3n) is 8.80. The number of hydrogen-bond acceptors (Lipinski definition) is 7. The van der Waals surface area contributed by atoms with Crippen LogP contribution in [-0.2, 0) is 24.6 Å². The number of likely N-dealkylation sites (tertiary alicyclic amines) is 1. The van der Waals surface area contributed by atoms with Gasteiger partial charge >= 0.3 is 5.97 Å². The summed E-state index contributed by atoms with van der Waals surface area (Å²) in [6, 6.07) is 18.5. The molecule has 5 rings (SSSR count). The summed E-state index contributed by atoms with van der Waals surface area (Å²) in [6.07, 6.45) is 5.50. The predicted molar refractivity (Wildman–Crippen MR) is 184 cm³/mol. The van der Waals surface area contributed by atoms with Crippen molar-refractivity contribution in [2.75, 3.05) is 20.6 Å². The van der Waals surface area contributed by atoms with Gasteiger partial charge in [0.25, 0.3) is 5.91 Å². The van der Waals surface area contributed by atoms with Gasteiger partial charge in [-0.25, -0.2) is 0 Å². The van der Waals surface area contributed by atoms with Crippen LogP contribution in [-0.4, -0.2) is 58.4 Å². The first-order valence-electron chi connectivity index (χ1n) is 15.9. The van der Waals surface area contributed by atoms with E-state index in [4.69, 9.17) is 21.1 Å². The fraction of sp³-hybridized carbons (Fsp3) is 0.316. The molecule has 4 aromatic rings. The molecule has 0 saturated carbocycles. The number of carbonyl (C=O) groups excluding carboxylic acids is 1. The van der Waals surface area contributed by atoms with Crippen molar-refractivity contribution in [2.45, 2.75) is 58.9 Å². The fourth-order valence-corrected chi connectivity index (χ4v) is 6.34. The van der Waals surface area contributed by atoms with Gasteiger partial charge < -0.3 is 19.5 Å². The Morgan fingerprint density at radius 1 is 0.979 bits per heavy atom.